The molecule has 4 N–H and O–H groups in total. The summed E-state index contributed by atoms with van der Waals surface area (Å²) in [5, 5.41) is 5.96. The maximum Gasteiger partial charge on any atom is 0.404 e. The Labute approximate surface area is 193 Å². The molecule has 0 radical (unpaired) electrons. The lowest BCUT2D eigenvalue weighted by Gasteiger charge is -2.18. The Hall–Kier alpha value is -2.42. The number of Topliss-reactive ketones (excluding diaryl/α,β-unsaturated/α-hetero) is 1. The third kappa shape index (κ3) is 6.09. The molecule has 0 fully saturated rings. The van der Waals surface area contributed by atoms with Crippen molar-refractivity contribution >= 4 is 33.5 Å². The van der Waals surface area contributed by atoms with Crippen LogP contribution in [0.3, 0.4) is 0 Å². The molecule has 0 spiro atoms. The maximum atomic E-state index is 12.8. The SMILES string of the molecule is NC(=O)OCC(CCCCC(=O)c1cc2c(c(S(N)(=O)=O)c1)CCC2)c1ccccc1Cl. The summed E-state index contributed by atoms with van der Waals surface area (Å²) in [6.07, 6.45) is 3.62. The number of hydrogen-bond acceptors (Lipinski definition) is 5. The molecular weight excluding hydrogens is 452 g/mol. The van der Waals surface area contributed by atoms with Gasteiger partial charge in [-0.1, -0.05) is 36.2 Å². The van der Waals surface area contributed by atoms with Crippen LogP contribution in [0.25, 0.3) is 0 Å². The number of sulfonamides is 1. The average molecular weight is 479 g/mol. The highest BCUT2D eigenvalue weighted by atomic mass is 35.5. The largest absolute Gasteiger partial charge is 0.449 e. The van der Waals surface area contributed by atoms with E-state index < -0.39 is 16.1 Å². The Balaban J connectivity index is 1.63. The van der Waals surface area contributed by atoms with Gasteiger partial charge in [-0.15, -0.1) is 0 Å². The van der Waals surface area contributed by atoms with Gasteiger partial charge in [-0.25, -0.2) is 18.4 Å². The number of hydrogen-bond donors (Lipinski definition) is 2. The number of aryl methyl sites for hydroxylation is 1. The van der Waals surface area contributed by atoms with Gasteiger partial charge in [-0.3, -0.25) is 4.79 Å². The van der Waals surface area contributed by atoms with Crippen molar-refractivity contribution in [2.24, 2.45) is 10.9 Å². The van der Waals surface area contributed by atoms with Gasteiger partial charge in [0.05, 0.1) is 4.90 Å². The molecular formula is C23H27ClN2O5S. The molecule has 1 amide bonds. The molecule has 0 saturated heterocycles. The zero-order valence-electron chi connectivity index (χ0n) is 17.7. The third-order valence-corrected chi connectivity index (χ3v) is 7.10. The molecule has 0 bridgehead atoms. The van der Waals surface area contributed by atoms with E-state index >= 15 is 0 Å². The molecule has 0 aromatic heterocycles. The zero-order chi connectivity index (χ0) is 23.3. The molecule has 32 heavy (non-hydrogen) atoms. The topological polar surface area (TPSA) is 130 Å². The van der Waals surface area contributed by atoms with Crippen LogP contribution in [0.15, 0.2) is 41.3 Å². The number of nitrogens with two attached hydrogens (primary N) is 2. The van der Waals surface area contributed by atoms with E-state index in [1.807, 2.05) is 18.2 Å². The van der Waals surface area contributed by atoms with Crippen molar-refractivity contribution < 1.29 is 22.7 Å². The van der Waals surface area contributed by atoms with E-state index in [9.17, 15) is 18.0 Å². The van der Waals surface area contributed by atoms with Gasteiger partial charge in [0, 0.05) is 22.9 Å². The lowest BCUT2D eigenvalue weighted by molar-refractivity contribution is 0.0978. The third-order valence-electron chi connectivity index (χ3n) is 5.78. The van der Waals surface area contributed by atoms with Crippen LogP contribution in [0.4, 0.5) is 4.79 Å². The lowest BCUT2D eigenvalue weighted by Crippen LogP contribution is -2.18. The predicted molar refractivity (Wildman–Crippen MR) is 122 cm³/mol. The van der Waals surface area contributed by atoms with Crippen molar-refractivity contribution in [3.8, 4) is 0 Å². The second-order valence-electron chi connectivity index (χ2n) is 8.03. The second-order valence-corrected chi connectivity index (χ2v) is 9.97. The van der Waals surface area contributed by atoms with Crippen molar-refractivity contribution in [2.45, 2.75) is 55.8 Å². The molecule has 172 valence electrons. The number of primary sulfonamides is 1. The van der Waals surface area contributed by atoms with Crippen molar-refractivity contribution in [3.05, 3.63) is 63.7 Å². The first kappa shape index (κ1) is 24.2. The fourth-order valence-corrected chi connectivity index (χ4v) is 5.38. The Morgan fingerprint density at radius 1 is 1.12 bits per heavy atom. The summed E-state index contributed by atoms with van der Waals surface area (Å²) in [5.74, 6) is -0.257. The van der Waals surface area contributed by atoms with Gasteiger partial charge in [0.2, 0.25) is 10.0 Å². The van der Waals surface area contributed by atoms with Crippen LogP contribution >= 0.6 is 11.6 Å². The van der Waals surface area contributed by atoms with Crippen molar-refractivity contribution in [2.75, 3.05) is 6.61 Å². The fraction of sp³-hybridized carbons (Fsp3) is 0.391. The highest BCUT2D eigenvalue weighted by Crippen LogP contribution is 2.31. The number of ketones is 1. The fourth-order valence-electron chi connectivity index (χ4n) is 4.22. The Kier molecular flexibility index (Phi) is 7.92. The first-order chi connectivity index (χ1) is 15.2. The Bertz CT molecular complexity index is 1120. The average Bonchev–Trinajstić information content (AvgIpc) is 3.20. The summed E-state index contributed by atoms with van der Waals surface area (Å²) < 4.78 is 29.0. The number of ether oxygens (including phenoxy) is 1. The first-order valence-electron chi connectivity index (χ1n) is 10.5. The van der Waals surface area contributed by atoms with E-state index in [1.54, 1.807) is 12.1 Å². The maximum absolute atomic E-state index is 12.8. The molecule has 9 heteroatoms. The number of carbonyl (C=O) groups excluding carboxylic acids is 2. The van der Waals surface area contributed by atoms with Gasteiger partial charge in [-0.05, 0) is 67.0 Å². The molecule has 7 nitrogen and oxygen atoms in total. The van der Waals surface area contributed by atoms with Crippen LogP contribution in [0, 0.1) is 0 Å². The van der Waals surface area contributed by atoms with Gasteiger partial charge in [0.15, 0.2) is 5.78 Å². The van der Waals surface area contributed by atoms with Crippen LogP contribution in [-0.2, 0) is 27.6 Å². The molecule has 0 heterocycles. The summed E-state index contributed by atoms with van der Waals surface area (Å²) in [6.45, 7) is 0.107. The van der Waals surface area contributed by atoms with Crippen LogP contribution in [-0.4, -0.2) is 26.9 Å². The summed E-state index contributed by atoms with van der Waals surface area (Å²) in [5.41, 5.74) is 7.98. The molecule has 3 rings (SSSR count). The summed E-state index contributed by atoms with van der Waals surface area (Å²) in [7, 11) is -3.88. The second kappa shape index (κ2) is 10.5. The Morgan fingerprint density at radius 3 is 2.56 bits per heavy atom. The molecule has 1 aliphatic carbocycles. The minimum atomic E-state index is -3.88. The summed E-state index contributed by atoms with van der Waals surface area (Å²) in [4.78, 5) is 23.9. The minimum Gasteiger partial charge on any atom is -0.449 e. The van der Waals surface area contributed by atoms with E-state index in [0.717, 1.165) is 29.5 Å². The zero-order valence-corrected chi connectivity index (χ0v) is 19.3. The number of primary amides is 1. The molecule has 1 unspecified atom stereocenters. The molecule has 1 atom stereocenters. The number of unbranched alkanes of at least 4 members (excludes halogenated alkanes) is 1. The lowest BCUT2D eigenvalue weighted by atomic mass is 9.93. The Morgan fingerprint density at radius 2 is 1.88 bits per heavy atom. The first-order valence-corrected chi connectivity index (χ1v) is 12.5. The number of benzene rings is 2. The van der Waals surface area contributed by atoms with Crippen LogP contribution < -0.4 is 10.9 Å². The predicted octanol–water partition coefficient (Wildman–Crippen LogP) is 4.10. The number of rotatable bonds is 10. The summed E-state index contributed by atoms with van der Waals surface area (Å²) in [6, 6.07) is 10.5. The number of fused-ring (bicyclic) bond motifs is 1. The van der Waals surface area contributed by atoms with Gasteiger partial charge >= 0.3 is 6.09 Å². The van der Waals surface area contributed by atoms with Crippen molar-refractivity contribution in [1.82, 2.24) is 0 Å². The van der Waals surface area contributed by atoms with Gasteiger partial charge in [-0.2, -0.15) is 0 Å². The molecule has 2 aromatic rings. The van der Waals surface area contributed by atoms with Crippen molar-refractivity contribution in [3.63, 3.8) is 0 Å². The summed E-state index contributed by atoms with van der Waals surface area (Å²) >= 11 is 6.29. The number of amides is 1. The van der Waals surface area contributed by atoms with Gasteiger partial charge < -0.3 is 10.5 Å². The van der Waals surface area contributed by atoms with E-state index in [1.165, 1.54) is 6.07 Å². The van der Waals surface area contributed by atoms with Gasteiger partial charge in [0.25, 0.3) is 0 Å². The van der Waals surface area contributed by atoms with E-state index in [-0.39, 0.29) is 29.6 Å². The highest BCUT2D eigenvalue weighted by molar-refractivity contribution is 7.89. The van der Waals surface area contributed by atoms with E-state index in [4.69, 9.17) is 27.2 Å². The van der Waals surface area contributed by atoms with Crippen molar-refractivity contribution in [1.29, 1.82) is 0 Å². The number of carbonyl (C=O) groups is 2. The monoisotopic (exact) mass is 478 g/mol. The van der Waals surface area contributed by atoms with Gasteiger partial charge in [0.1, 0.15) is 6.61 Å². The standard InChI is InChI=1S/C23H27ClN2O5S/c24-20-10-3-2-8-18(20)16(14-31-23(25)28)6-1-4-11-21(27)17-12-15-7-5-9-19(15)22(13-17)32(26,29)30/h2-3,8,10,12-13,16H,1,4-7,9,11,14H2,(H2,25,28)(H2,26,29,30). The highest BCUT2D eigenvalue weighted by Gasteiger charge is 2.24. The van der Waals surface area contributed by atoms with Crippen LogP contribution in [0.5, 0.6) is 0 Å². The van der Waals surface area contributed by atoms with Crippen LogP contribution in [0.2, 0.25) is 5.02 Å². The molecule has 0 aliphatic heterocycles. The van der Waals surface area contributed by atoms with E-state index in [0.29, 0.717) is 36.3 Å². The smallest absolute Gasteiger partial charge is 0.404 e. The normalized spacial score (nSPS) is 14.1. The minimum absolute atomic E-state index is 0.0678. The molecule has 1 aliphatic rings. The number of halogens is 1. The quantitative estimate of drug-likeness (QED) is 0.392. The molecule has 0 saturated carbocycles. The van der Waals surface area contributed by atoms with Crippen LogP contribution in [0.1, 0.15) is 65.1 Å². The van der Waals surface area contributed by atoms with E-state index in [2.05, 4.69) is 0 Å². The molecule has 2 aromatic carbocycles.